The van der Waals surface area contributed by atoms with Gasteiger partial charge in [0.05, 0.1) is 23.3 Å². The number of anilines is 6. The molecule has 6 aliphatic rings. The van der Waals surface area contributed by atoms with E-state index in [1.807, 2.05) is 68.7 Å². The number of nitrogens with two attached hydrogens (primary N) is 1. The van der Waals surface area contributed by atoms with E-state index in [0.717, 1.165) is 94.0 Å². The molecule has 0 bridgehead atoms. The van der Waals surface area contributed by atoms with Crippen LogP contribution in [0.15, 0.2) is 103 Å². The number of carbonyl (C=O) groups excluding carboxylic acids is 2. The summed E-state index contributed by atoms with van der Waals surface area (Å²) in [5, 5.41) is 41.5. The summed E-state index contributed by atoms with van der Waals surface area (Å²) in [5.74, 6) is -0.306. The van der Waals surface area contributed by atoms with Gasteiger partial charge < -0.3 is 36.2 Å². The number of aromatic nitrogens is 8. The molecule has 4 aromatic heterocycles. The highest BCUT2D eigenvalue weighted by molar-refractivity contribution is 5.79. The van der Waals surface area contributed by atoms with Gasteiger partial charge in [0, 0.05) is 125 Å². The summed E-state index contributed by atoms with van der Waals surface area (Å²) in [5.41, 5.74) is 13.6. The van der Waals surface area contributed by atoms with Crippen molar-refractivity contribution in [2.45, 2.75) is 176 Å². The number of hydrogen-bond donors (Lipinski definition) is 6. The molecule has 0 spiro atoms. The fourth-order valence-corrected chi connectivity index (χ4v) is 13.9. The molecule has 0 aliphatic heterocycles. The quantitative estimate of drug-likeness (QED) is 0.0491. The molecule has 13 rings (SSSR count). The van der Waals surface area contributed by atoms with Crippen LogP contribution in [0.1, 0.15) is 159 Å². The van der Waals surface area contributed by atoms with Crippen LogP contribution in [0.2, 0.25) is 0 Å². The van der Waals surface area contributed by atoms with Gasteiger partial charge in [-0.1, -0.05) is 30.3 Å². The Kier molecular flexibility index (Phi) is 19.9. The molecule has 4 unspecified atom stereocenters. The number of benzene rings is 3. The fourth-order valence-electron chi connectivity index (χ4n) is 13.9. The molecule has 4 heterocycles. The lowest BCUT2D eigenvalue weighted by molar-refractivity contribution is -0.121. The number of aromatic amines is 2. The van der Waals surface area contributed by atoms with Crippen LogP contribution >= 0.6 is 0 Å². The molecule has 7 N–H and O–H groups in total. The molecule has 7 aromatic rings. The molecule has 19 nitrogen and oxygen atoms in total. The molecule has 476 valence electrons. The summed E-state index contributed by atoms with van der Waals surface area (Å²) in [7, 11) is 4.02. The van der Waals surface area contributed by atoms with Crippen LogP contribution in [0.3, 0.4) is 0 Å². The standard InChI is InChI=1S/C32H37F2N7O.C19H27F2N7.C17H14N2O2/c1-41(31-36-11-9-29(38-31)37-30-17-28(39-40-30)24-8-10-32(33,34)18-24)26-6-3-20(4-7-26)15-27(42)16-22-13-23-5-2-21(19-35)12-25(23)14-22;1-28(14-4-2-13(22)3-5-14)18-23-9-7-16(25-18)24-17-10-15(26-27-17)12-6-8-19(20,21)11-12;18-11-12-6-7-13-9-15(10-14(13)8-12)19-17(20)21-16-4-2-1-3-5-16/h2,5,9,11-12,17,20,22,24,26H,3-4,6-8,10,13-16,18H2,1H3,(H2,36,37,38,39,40);7,9-10,12-14H,2-6,8,11,22H2,1H3,(H2,23,24,25,26,27);1-8,15H,9-10H2,(H,19,20). The number of halogens is 4. The molecule has 6 aliphatic carbocycles. The second kappa shape index (κ2) is 28.5. The number of alkyl halides is 4. The average Bonchev–Trinajstić information content (AvgIpc) is 1.97. The summed E-state index contributed by atoms with van der Waals surface area (Å²) in [6.07, 6.45) is 16.2. The first-order chi connectivity index (χ1) is 43.9. The summed E-state index contributed by atoms with van der Waals surface area (Å²) in [4.78, 5) is 47.2. The maximum absolute atomic E-state index is 13.6. The van der Waals surface area contributed by atoms with Gasteiger partial charge in [0.2, 0.25) is 23.7 Å². The van der Waals surface area contributed by atoms with E-state index in [1.165, 1.54) is 16.7 Å². The number of H-pyrrole nitrogens is 2. The number of nitriles is 2. The highest BCUT2D eigenvalue weighted by Crippen LogP contribution is 2.45. The lowest BCUT2D eigenvalue weighted by atomic mass is 9.81. The number of nitrogens with one attached hydrogen (secondary N) is 5. The van der Waals surface area contributed by atoms with Gasteiger partial charge in [-0.2, -0.15) is 30.7 Å². The van der Waals surface area contributed by atoms with Crippen LogP contribution in [0.4, 0.5) is 57.5 Å². The van der Waals surface area contributed by atoms with E-state index in [0.29, 0.717) is 113 Å². The van der Waals surface area contributed by atoms with Crippen LogP contribution in [0, 0.1) is 34.5 Å². The second-order valence-corrected chi connectivity index (χ2v) is 25.6. The highest BCUT2D eigenvalue weighted by Gasteiger charge is 2.42. The third kappa shape index (κ3) is 16.9. The summed E-state index contributed by atoms with van der Waals surface area (Å²) in [6, 6.07) is 33.0. The minimum atomic E-state index is -2.60. The van der Waals surface area contributed by atoms with Gasteiger partial charge in [-0.3, -0.25) is 15.0 Å². The van der Waals surface area contributed by atoms with Crippen molar-refractivity contribution in [3.8, 4) is 17.9 Å². The van der Waals surface area contributed by atoms with Gasteiger partial charge in [-0.05, 0) is 173 Å². The number of nitrogens with zero attached hydrogens (tertiary/aromatic N) is 10. The first kappa shape index (κ1) is 63.6. The molecule has 4 fully saturated rings. The zero-order valence-corrected chi connectivity index (χ0v) is 51.4. The normalized spacial score (nSPS) is 23.3. The Labute approximate surface area is 527 Å². The summed E-state index contributed by atoms with van der Waals surface area (Å²) >= 11 is 0. The highest BCUT2D eigenvalue weighted by atomic mass is 19.3. The van der Waals surface area contributed by atoms with Gasteiger partial charge in [-0.25, -0.2) is 32.3 Å². The Balaban J connectivity index is 0.000000150. The predicted octanol–water partition coefficient (Wildman–Crippen LogP) is 12.8. The summed E-state index contributed by atoms with van der Waals surface area (Å²) in [6.45, 7) is 0. The van der Waals surface area contributed by atoms with Crippen molar-refractivity contribution in [2.75, 3.05) is 34.5 Å². The van der Waals surface area contributed by atoms with Crippen molar-refractivity contribution in [3.05, 3.63) is 148 Å². The minimum absolute atomic E-state index is 0.0187. The smallest absolute Gasteiger partial charge is 0.410 e. The topological polar surface area (TPSA) is 268 Å². The largest absolute Gasteiger partial charge is 0.412 e. The number of ether oxygens (including phenoxy) is 1. The van der Waals surface area contributed by atoms with E-state index < -0.39 is 17.9 Å². The van der Waals surface area contributed by atoms with Crippen LogP contribution in [-0.4, -0.2) is 102 Å². The maximum Gasteiger partial charge on any atom is 0.412 e. The van der Waals surface area contributed by atoms with Crippen molar-refractivity contribution < 1.29 is 31.9 Å². The van der Waals surface area contributed by atoms with E-state index >= 15 is 0 Å². The molecule has 1 amide bonds. The lowest BCUT2D eigenvalue weighted by Gasteiger charge is -2.34. The Hall–Kier alpha value is -8.96. The van der Waals surface area contributed by atoms with Gasteiger partial charge >= 0.3 is 6.09 Å². The Morgan fingerprint density at radius 3 is 1.60 bits per heavy atom. The molecule has 3 aromatic carbocycles. The third-order valence-corrected chi connectivity index (χ3v) is 18.9. The van der Waals surface area contributed by atoms with Gasteiger partial charge in [0.25, 0.3) is 0 Å². The van der Waals surface area contributed by atoms with E-state index in [4.69, 9.17) is 21.0 Å². The maximum atomic E-state index is 13.6. The molecule has 91 heavy (non-hydrogen) atoms. The number of amides is 1. The second-order valence-electron chi connectivity index (χ2n) is 25.6. The van der Waals surface area contributed by atoms with E-state index in [2.05, 4.69) is 78.2 Å². The van der Waals surface area contributed by atoms with Crippen molar-refractivity contribution >= 4 is 47.0 Å². The molecule has 0 radical (unpaired) electrons. The van der Waals surface area contributed by atoms with E-state index in [1.54, 1.807) is 48.8 Å². The molecular formula is C68H78F4N16O3. The third-order valence-electron chi connectivity index (χ3n) is 18.9. The van der Waals surface area contributed by atoms with Crippen LogP contribution in [0.5, 0.6) is 5.75 Å². The number of rotatable bonds is 16. The van der Waals surface area contributed by atoms with Crippen molar-refractivity contribution in [1.82, 2.24) is 45.6 Å². The number of carbonyl (C=O) groups is 2. The van der Waals surface area contributed by atoms with Gasteiger partial charge in [-0.15, -0.1) is 0 Å². The molecule has 23 heteroatoms. The first-order valence-corrected chi connectivity index (χ1v) is 31.7. The van der Waals surface area contributed by atoms with E-state index in [-0.39, 0.29) is 43.6 Å². The van der Waals surface area contributed by atoms with Gasteiger partial charge in [0.15, 0.2) is 11.6 Å². The number of ketones is 1. The monoisotopic (exact) mass is 1240 g/mol. The van der Waals surface area contributed by atoms with Crippen LogP contribution in [-0.2, 0) is 30.5 Å². The zero-order valence-electron chi connectivity index (χ0n) is 51.4. The average molecular weight is 1240 g/mol. The molecule has 0 saturated heterocycles. The predicted molar refractivity (Wildman–Crippen MR) is 338 cm³/mol. The number of hydrogen-bond acceptors (Lipinski definition) is 16. The van der Waals surface area contributed by atoms with Crippen molar-refractivity contribution in [2.24, 2.45) is 17.6 Å². The van der Waals surface area contributed by atoms with E-state index in [9.17, 15) is 27.2 Å². The number of fused-ring (bicyclic) bond motifs is 2. The summed E-state index contributed by atoms with van der Waals surface area (Å²) < 4.78 is 59.4. The molecule has 4 saturated carbocycles. The number of para-hydroxylation sites is 1. The minimum Gasteiger partial charge on any atom is -0.410 e. The van der Waals surface area contributed by atoms with Crippen LogP contribution in [0.25, 0.3) is 0 Å². The first-order valence-electron chi connectivity index (χ1n) is 31.7. The lowest BCUT2D eigenvalue weighted by Crippen LogP contribution is -2.39. The SMILES string of the molecule is CN(c1nccc(Nc2cc(C3CCC(F)(F)C3)[nH]n2)n1)C1CCC(CC(=O)CC2Cc3ccc(C#N)cc3C2)CC1.CN(c1nccc(Nc2cc(C3CCC(F)(F)C3)[nH]n2)n1)C1CCC(N)CC1.N#Cc1ccc2c(c1)CC(NC(=O)Oc1ccccc1)C2. The number of Topliss-reactive ketones (excluding diaryl/α,β-unsaturated/α-hetero) is 1. The van der Waals surface area contributed by atoms with Crippen molar-refractivity contribution in [3.63, 3.8) is 0 Å². The zero-order chi connectivity index (χ0) is 63.7. The van der Waals surface area contributed by atoms with Crippen molar-refractivity contribution in [1.29, 1.82) is 10.5 Å². The molecular weight excluding hydrogens is 1160 g/mol. The Bertz CT molecular complexity index is 3720. The fraction of sp³-hybridized carbons (Fsp3) is 0.471. The Morgan fingerprint density at radius 2 is 1.09 bits per heavy atom. The molecule has 4 atom stereocenters. The van der Waals surface area contributed by atoms with Gasteiger partial charge in [0.1, 0.15) is 23.2 Å². The Morgan fingerprint density at radius 1 is 0.604 bits per heavy atom. The van der Waals surface area contributed by atoms with Crippen LogP contribution < -0.4 is 36.2 Å².